The van der Waals surface area contributed by atoms with E-state index in [1.54, 1.807) is 30.0 Å². The predicted octanol–water partition coefficient (Wildman–Crippen LogP) is 2.87. The van der Waals surface area contributed by atoms with Gasteiger partial charge in [0.15, 0.2) is 0 Å². The van der Waals surface area contributed by atoms with Crippen molar-refractivity contribution in [3.05, 3.63) is 40.8 Å². The highest BCUT2D eigenvalue weighted by Gasteiger charge is 2.22. The Kier molecular flexibility index (Phi) is 4.35. The third-order valence-corrected chi connectivity index (χ3v) is 4.74. The molecule has 2 heterocycles. The Morgan fingerprint density at radius 2 is 1.88 bits per heavy atom. The number of carbonyl (C=O) groups is 3. The minimum atomic E-state index is -0.224. The molecule has 0 unspecified atom stereocenters. The third kappa shape index (κ3) is 3.30. The van der Waals surface area contributed by atoms with Crippen LogP contribution in [0.2, 0.25) is 0 Å². The fourth-order valence-corrected chi connectivity index (χ4v) is 3.55. The molecular weight excluding hydrogens is 326 g/mol. The maximum Gasteiger partial charge on any atom is 0.265 e. The van der Waals surface area contributed by atoms with Crippen LogP contribution in [0.1, 0.15) is 29.1 Å². The maximum atomic E-state index is 12.3. The quantitative estimate of drug-likeness (QED) is 0.899. The molecule has 7 heteroatoms. The van der Waals surface area contributed by atoms with E-state index in [0.29, 0.717) is 22.1 Å². The van der Waals surface area contributed by atoms with Crippen molar-refractivity contribution >= 4 is 45.4 Å². The Bertz CT molecular complexity index is 828. The van der Waals surface area contributed by atoms with Gasteiger partial charge in [0.25, 0.3) is 5.91 Å². The minimum Gasteiger partial charge on any atom is -0.321 e. The van der Waals surface area contributed by atoms with Crippen molar-refractivity contribution in [3.8, 4) is 0 Å². The Hall–Kier alpha value is -2.67. The lowest BCUT2D eigenvalue weighted by atomic mass is 10.1. The van der Waals surface area contributed by atoms with Crippen molar-refractivity contribution < 1.29 is 14.4 Å². The SMILES string of the molecule is CC(=O)Nc1ccc(C(=O)Nc2ccc3c(c2)CCN3C(C)=O)s1. The average molecular weight is 343 g/mol. The molecule has 0 saturated heterocycles. The second-order valence-electron chi connectivity index (χ2n) is 5.56. The van der Waals surface area contributed by atoms with Gasteiger partial charge in [0.2, 0.25) is 11.8 Å². The molecule has 24 heavy (non-hydrogen) atoms. The van der Waals surface area contributed by atoms with Gasteiger partial charge in [-0.05, 0) is 42.3 Å². The smallest absolute Gasteiger partial charge is 0.265 e. The summed E-state index contributed by atoms with van der Waals surface area (Å²) in [7, 11) is 0. The summed E-state index contributed by atoms with van der Waals surface area (Å²) < 4.78 is 0. The number of hydrogen-bond donors (Lipinski definition) is 2. The van der Waals surface area contributed by atoms with Gasteiger partial charge in [0.05, 0.1) is 9.88 Å². The lowest BCUT2D eigenvalue weighted by molar-refractivity contribution is -0.116. The summed E-state index contributed by atoms with van der Waals surface area (Å²) in [6.07, 6.45) is 0.782. The van der Waals surface area contributed by atoms with Crippen molar-refractivity contribution in [2.75, 3.05) is 22.1 Å². The zero-order valence-corrected chi connectivity index (χ0v) is 14.2. The number of amides is 3. The molecule has 0 aliphatic carbocycles. The van der Waals surface area contributed by atoms with E-state index in [-0.39, 0.29) is 17.7 Å². The van der Waals surface area contributed by atoms with Gasteiger partial charge in [-0.1, -0.05) is 0 Å². The zero-order chi connectivity index (χ0) is 17.3. The summed E-state index contributed by atoms with van der Waals surface area (Å²) in [6, 6.07) is 8.93. The Labute approximate surface area is 143 Å². The van der Waals surface area contributed by atoms with Gasteiger partial charge >= 0.3 is 0 Å². The molecule has 6 nitrogen and oxygen atoms in total. The van der Waals surface area contributed by atoms with Crippen LogP contribution in [0.3, 0.4) is 0 Å². The number of fused-ring (bicyclic) bond motifs is 1. The molecule has 0 bridgehead atoms. The number of rotatable bonds is 3. The average Bonchev–Trinajstić information content (AvgIpc) is 3.12. The fraction of sp³-hybridized carbons (Fsp3) is 0.235. The van der Waals surface area contributed by atoms with Crippen LogP contribution in [-0.2, 0) is 16.0 Å². The minimum absolute atomic E-state index is 0.0228. The molecule has 0 spiro atoms. The summed E-state index contributed by atoms with van der Waals surface area (Å²) >= 11 is 1.22. The number of nitrogens with one attached hydrogen (secondary N) is 2. The molecule has 1 aliphatic heterocycles. The third-order valence-electron chi connectivity index (χ3n) is 3.74. The van der Waals surface area contributed by atoms with E-state index in [2.05, 4.69) is 10.6 Å². The molecule has 1 aromatic carbocycles. The predicted molar refractivity (Wildman–Crippen MR) is 94.7 cm³/mol. The number of carbonyl (C=O) groups excluding carboxylic acids is 3. The molecule has 1 aromatic heterocycles. The first-order valence-electron chi connectivity index (χ1n) is 7.54. The van der Waals surface area contributed by atoms with Crippen molar-refractivity contribution in [1.29, 1.82) is 0 Å². The lowest BCUT2D eigenvalue weighted by Gasteiger charge is -2.15. The van der Waals surface area contributed by atoms with Crippen LogP contribution in [0, 0.1) is 0 Å². The van der Waals surface area contributed by atoms with E-state index in [4.69, 9.17) is 0 Å². The van der Waals surface area contributed by atoms with Crippen molar-refractivity contribution in [1.82, 2.24) is 0 Å². The molecule has 2 N–H and O–H groups in total. The number of thiophene rings is 1. The lowest BCUT2D eigenvalue weighted by Crippen LogP contribution is -2.25. The molecule has 0 radical (unpaired) electrons. The molecule has 1 aliphatic rings. The molecule has 3 amide bonds. The maximum absolute atomic E-state index is 12.3. The number of anilines is 3. The van der Waals surface area contributed by atoms with Gasteiger partial charge in [-0.3, -0.25) is 14.4 Å². The summed E-state index contributed by atoms with van der Waals surface area (Å²) in [5.74, 6) is -0.370. The first kappa shape index (κ1) is 16.2. The summed E-state index contributed by atoms with van der Waals surface area (Å²) in [5, 5.41) is 6.15. The first-order valence-corrected chi connectivity index (χ1v) is 8.35. The largest absolute Gasteiger partial charge is 0.321 e. The molecule has 3 rings (SSSR count). The normalized spacial score (nSPS) is 12.7. The fourth-order valence-electron chi connectivity index (χ4n) is 2.70. The monoisotopic (exact) mass is 343 g/mol. The van der Waals surface area contributed by atoms with Gasteiger partial charge in [-0.2, -0.15) is 0 Å². The van der Waals surface area contributed by atoms with E-state index >= 15 is 0 Å². The topological polar surface area (TPSA) is 78.5 Å². The van der Waals surface area contributed by atoms with E-state index in [0.717, 1.165) is 17.7 Å². The van der Waals surface area contributed by atoms with Gasteiger partial charge in [-0.25, -0.2) is 0 Å². The highest BCUT2D eigenvalue weighted by molar-refractivity contribution is 7.18. The summed E-state index contributed by atoms with van der Waals surface area (Å²) in [6.45, 7) is 3.65. The van der Waals surface area contributed by atoms with Gasteiger partial charge < -0.3 is 15.5 Å². The second-order valence-corrected chi connectivity index (χ2v) is 6.65. The molecule has 2 aromatic rings. The van der Waals surface area contributed by atoms with E-state index in [1.165, 1.54) is 18.3 Å². The Morgan fingerprint density at radius 3 is 2.58 bits per heavy atom. The Morgan fingerprint density at radius 1 is 1.08 bits per heavy atom. The van der Waals surface area contributed by atoms with Crippen molar-refractivity contribution in [2.24, 2.45) is 0 Å². The van der Waals surface area contributed by atoms with Crippen LogP contribution in [0.25, 0.3) is 0 Å². The Balaban J connectivity index is 1.72. The number of hydrogen-bond acceptors (Lipinski definition) is 4. The van der Waals surface area contributed by atoms with E-state index in [9.17, 15) is 14.4 Å². The zero-order valence-electron chi connectivity index (χ0n) is 13.4. The standard InChI is InChI=1S/C17H17N3O3S/c1-10(21)18-16-6-5-15(24-16)17(23)19-13-3-4-14-12(9-13)7-8-20(14)11(2)22/h3-6,9H,7-8H2,1-2H3,(H,18,21)(H,19,23). The molecule has 0 saturated carbocycles. The summed E-state index contributed by atoms with van der Waals surface area (Å²) in [5.41, 5.74) is 2.65. The number of benzene rings is 1. The van der Waals surface area contributed by atoms with Crippen LogP contribution in [0.5, 0.6) is 0 Å². The second kappa shape index (κ2) is 6.45. The van der Waals surface area contributed by atoms with Crippen LogP contribution in [-0.4, -0.2) is 24.3 Å². The van der Waals surface area contributed by atoms with E-state index in [1.807, 2.05) is 12.1 Å². The van der Waals surface area contributed by atoms with Crippen LogP contribution >= 0.6 is 11.3 Å². The van der Waals surface area contributed by atoms with E-state index < -0.39 is 0 Å². The van der Waals surface area contributed by atoms with Crippen LogP contribution in [0.4, 0.5) is 16.4 Å². The van der Waals surface area contributed by atoms with Gasteiger partial charge in [0, 0.05) is 31.8 Å². The van der Waals surface area contributed by atoms with Crippen LogP contribution < -0.4 is 15.5 Å². The van der Waals surface area contributed by atoms with Gasteiger partial charge in [-0.15, -0.1) is 11.3 Å². The molecular formula is C17H17N3O3S. The highest BCUT2D eigenvalue weighted by Crippen LogP contribution is 2.31. The van der Waals surface area contributed by atoms with Crippen molar-refractivity contribution in [3.63, 3.8) is 0 Å². The summed E-state index contributed by atoms with van der Waals surface area (Å²) in [4.78, 5) is 37.2. The molecule has 0 fully saturated rings. The number of nitrogens with zero attached hydrogens (tertiary/aromatic N) is 1. The van der Waals surface area contributed by atoms with Crippen LogP contribution in [0.15, 0.2) is 30.3 Å². The van der Waals surface area contributed by atoms with Gasteiger partial charge in [0.1, 0.15) is 0 Å². The first-order chi connectivity index (χ1) is 11.4. The molecule has 0 atom stereocenters. The highest BCUT2D eigenvalue weighted by atomic mass is 32.1. The van der Waals surface area contributed by atoms with Crippen molar-refractivity contribution in [2.45, 2.75) is 20.3 Å². The molecule has 124 valence electrons.